The third-order valence-electron chi connectivity index (χ3n) is 3.53. The minimum Gasteiger partial charge on any atom is -0.370 e. The molecule has 0 saturated carbocycles. The molecule has 0 aliphatic heterocycles. The first-order chi connectivity index (χ1) is 12.8. The van der Waals surface area contributed by atoms with E-state index in [1.54, 1.807) is 36.4 Å². The lowest BCUT2D eigenvalue weighted by Gasteiger charge is -2.16. The summed E-state index contributed by atoms with van der Waals surface area (Å²) >= 11 is 7.17. The number of rotatable bonds is 8. The van der Waals surface area contributed by atoms with Crippen LogP contribution in [0.3, 0.4) is 0 Å². The second-order valence-corrected chi connectivity index (χ2v) is 7.19. The van der Waals surface area contributed by atoms with E-state index in [9.17, 15) is 9.59 Å². The van der Waals surface area contributed by atoms with Crippen LogP contribution in [-0.2, 0) is 16.0 Å². The van der Waals surface area contributed by atoms with Gasteiger partial charge in [0, 0.05) is 22.0 Å². The Morgan fingerprint density at radius 1 is 1.07 bits per heavy atom. The van der Waals surface area contributed by atoms with Crippen molar-refractivity contribution in [2.24, 2.45) is 11.5 Å². The summed E-state index contributed by atoms with van der Waals surface area (Å²) < 4.78 is 0. The molecule has 2 amide bonds. The molecule has 2 aromatic rings. The zero-order valence-electron chi connectivity index (χ0n) is 14.4. The van der Waals surface area contributed by atoms with Crippen LogP contribution in [0.5, 0.6) is 0 Å². The van der Waals surface area contributed by atoms with Crippen molar-refractivity contribution in [2.75, 3.05) is 11.1 Å². The van der Waals surface area contributed by atoms with Gasteiger partial charge in [0.15, 0.2) is 5.96 Å². The Kier molecular flexibility index (Phi) is 7.51. The van der Waals surface area contributed by atoms with Gasteiger partial charge in [0.25, 0.3) is 0 Å². The monoisotopic (exact) mass is 405 g/mol. The van der Waals surface area contributed by atoms with Crippen LogP contribution in [0.15, 0.2) is 53.4 Å². The largest absolute Gasteiger partial charge is 0.370 e. The zero-order valence-corrected chi connectivity index (χ0v) is 15.9. The molecule has 0 aliphatic carbocycles. The first kappa shape index (κ1) is 20.6. The summed E-state index contributed by atoms with van der Waals surface area (Å²) in [6.45, 7) is 0. The number of primary amides is 1. The Morgan fingerprint density at radius 2 is 1.70 bits per heavy atom. The second kappa shape index (κ2) is 9.84. The Labute approximate surface area is 166 Å². The van der Waals surface area contributed by atoms with E-state index in [1.165, 1.54) is 11.8 Å². The minimum atomic E-state index is -0.810. The highest BCUT2D eigenvalue weighted by Crippen LogP contribution is 2.20. The first-order valence-corrected chi connectivity index (χ1v) is 9.37. The predicted molar refractivity (Wildman–Crippen MR) is 109 cm³/mol. The van der Waals surface area contributed by atoms with Gasteiger partial charge >= 0.3 is 0 Å². The van der Waals surface area contributed by atoms with Gasteiger partial charge in [-0.15, -0.1) is 11.8 Å². The Morgan fingerprint density at radius 3 is 2.26 bits per heavy atom. The number of guanidine groups is 1. The third-order valence-corrected chi connectivity index (χ3v) is 4.80. The Bertz CT molecular complexity index is 812. The van der Waals surface area contributed by atoms with Gasteiger partial charge in [-0.1, -0.05) is 23.7 Å². The maximum absolute atomic E-state index is 12.2. The van der Waals surface area contributed by atoms with Crippen molar-refractivity contribution in [2.45, 2.75) is 17.4 Å². The molecule has 1 atom stereocenters. The van der Waals surface area contributed by atoms with Crippen molar-refractivity contribution >= 4 is 46.8 Å². The van der Waals surface area contributed by atoms with Gasteiger partial charge in [-0.25, -0.2) is 0 Å². The lowest BCUT2D eigenvalue weighted by Crippen LogP contribution is -2.46. The number of carbonyl (C=O) groups is 2. The summed E-state index contributed by atoms with van der Waals surface area (Å²) in [4.78, 5) is 24.7. The van der Waals surface area contributed by atoms with Gasteiger partial charge in [0.2, 0.25) is 11.8 Å². The summed E-state index contributed by atoms with van der Waals surface area (Å²) in [6, 6.07) is 13.3. The van der Waals surface area contributed by atoms with Crippen molar-refractivity contribution in [3.63, 3.8) is 0 Å². The number of nitrogens with two attached hydrogens (primary N) is 2. The normalized spacial score (nSPS) is 11.4. The third kappa shape index (κ3) is 7.20. The van der Waals surface area contributed by atoms with Crippen molar-refractivity contribution < 1.29 is 9.59 Å². The van der Waals surface area contributed by atoms with E-state index in [1.807, 2.05) is 12.1 Å². The topological polar surface area (TPSA) is 134 Å². The summed E-state index contributed by atoms with van der Waals surface area (Å²) in [5.74, 6) is -0.894. The van der Waals surface area contributed by atoms with Gasteiger partial charge in [-0.3, -0.25) is 15.0 Å². The summed E-state index contributed by atoms with van der Waals surface area (Å²) in [6.07, 6.45) is 0.271. The zero-order chi connectivity index (χ0) is 19.8. The molecule has 0 saturated heterocycles. The van der Waals surface area contributed by atoms with Crippen molar-refractivity contribution in [3.05, 3.63) is 59.1 Å². The number of halogens is 1. The Balaban J connectivity index is 1.90. The average Bonchev–Trinajstić information content (AvgIpc) is 2.61. The number of benzene rings is 2. The molecule has 0 aliphatic rings. The number of hydrogen-bond acceptors (Lipinski definition) is 4. The summed E-state index contributed by atoms with van der Waals surface area (Å²) in [5, 5.41) is 13.1. The molecule has 0 radical (unpaired) electrons. The molecular weight excluding hydrogens is 386 g/mol. The van der Waals surface area contributed by atoms with Crippen LogP contribution in [0.1, 0.15) is 5.56 Å². The molecule has 1 unspecified atom stereocenters. The van der Waals surface area contributed by atoms with E-state index in [-0.39, 0.29) is 24.0 Å². The van der Waals surface area contributed by atoms with Crippen LogP contribution < -0.4 is 22.1 Å². The molecule has 2 aromatic carbocycles. The second-order valence-electron chi connectivity index (χ2n) is 5.70. The fraction of sp³-hybridized carbons (Fsp3) is 0.167. The SMILES string of the molecule is N=C(N)Nc1ccc(CC(NC(=O)CSc2ccc(Cl)cc2)C(N)=O)cc1. The van der Waals surface area contributed by atoms with Crippen LogP contribution in [0, 0.1) is 5.41 Å². The highest BCUT2D eigenvalue weighted by molar-refractivity contribution is 8.00. The van der Waals surface area contributed by atoms with Gasteiger partial charge in [0.1, 0.15) is 6.04 Å². The fourth-order valence-electron chi connectivity index (χ4n) is 2.25. The van der Waals surface area contributed by atoms with Crippen LogP contribution in [-0.4, -0.2) is 29.6 Å². The smallest absolute Gasteiger partial charge is 0.240 e. The molecule has 7 N–H and O–H groups in total. The molecule has 0 aromatic heterocycles. The van der Waals surface area contributed by atoms with E-state index in [4.69, 9.17) is 28.5 Å². The number of anilines is 1. The predicted octanol–water partition coefficient (Wildman–Crippen LogP) is 1.95. The van der Waals surface area contributed by atoms with Crippen molar-refractivity contribution in [1.29, 1.82) is 5.41 Å². The lowest BCUT2D eigenvalue weighted by atomic mass is 10.0. The molecule has 0 bridgehead atoms. The molecule has 9 heteroatoms. The lowest BCUT2D eigenvalue weighted by molar-refractivity contribution is -0.125. The number of carbonyl (C=O) groups excluding carboxylic acids is 2. The number of amides is 2. The molecule has 142 valence electrons. The van der Waals surface area contributed by atoms with Crippen LogP contribution in [0.4, 0.5) is 5.69 Å². The van der Waals surface area contributed by atoms with E-state index in [0.29, 0.717) is 10.7 Å². The standard InChI is InChI=1S/C18H20ClN5O2S/c19-12-3-7-14(8-4-12)27-10-16(25)24-15(17(20)26)9-11-1-5-13(6-2-11)23-18(21)22/h1-8,15H,9-10H2,(H2,20,26)(H,24,25)(H4,21,22,23). The average molecular weight is 406 g/mol. The quantitative estimate of drug-likeness (QED) is 0.260. The Hall–Kier alpha value is -2.71. The summed E-state index contributed by atoms with van der Waals surface area (Å²) in [7, 11) is 0. The highest BCUT2D eigenvalue weighted by atomic mass is 35.5. The van der Waals surface area contributed by atoms with Crippen LogP contribution in [0.25, 0.3) is 0 Å². The van der Waals surface area contributed by atoms with E-state index in [0.717, 1.165) is 10.5 Å². The molecule has 7 nitrogen and oxygen atoms in total. The van der Waals surface area contributed by atoms with E-state index in [2.05, 4.69) is 10.6 Å². The van der Waals surface area contributed by atoms with Gasteiger partial charge < -0.3 is 22.1 Å². The maximum Gasteiger partial charge on any atom is 0.240 e. The number of nitrogens with one attached hydrogen (secondary N) is 3. The van der Waals surface area contributed by atoms with E-state index < -0.39 is 11.9 Å². The highest BCUT2D eigenvalue weighted by Gasteiger charge is 2.18. The number of hydrogen-bond donors (Lipinski definition) is 5. The van der Waals surface area contributed by atoms with Crippen LogP contribution >= 0.6 is 23.4 Å². The van der Waals surface area contributed by atoms with Gasteiger partial charge in [-0.05, 0) is 42.0 Å². The molecule has 0 heterocycles. The van der Waals surface area contributed by atoms with Crippen molar-refractivity contribution in [3.8, 4) is 0 Å². The molecule has 0 fully saturated rings. The fourth-order valence-corrected chi connectivity index (χ4v) is 3.09. The van der Waals surface area contributed by atoms with Gasteiger partial charge in [0.05, 0.1) is 5.75 Å². The van der Waals surface area contributed by atoms with Gasteiger partial charge in [-0.2, -0.15) is 0 Å². The van der Waals surface area contributed by atoms with Crippen molar-refractivity contribution in [1.82, 2.24) is 5.32 Å². The molecular formula is C18H20ClN5O2S. The molecule has 2 rings (SSSR count). The molecule has 0 spiro atoms. The maximum atomic E-state index is 12.2. The number of thioether (sulfide) groups is 1. The minimum absolute atomic E-state index is 0.160. The van der Waals surface area contributed by atoms with E-state index >= 15 is 0 Å². The molecule has 27 heavy (non-hydrogen) atoms. The first-order valence-electron chi connectivity index (χ1n) is 8.00. The summed E-state index contributed by atoms with van der Waals surface area (Å²) in [5.41, 5.74) is 12.2. The van der Waals surface area contributed by atoms with Crippen LogP contribution in [0.2, 0.25) is 5.02 Å².